The van der Waals surface area contributed by atoms with Crippen molar-refractivity contribution in [2.75, 3.05) is 56.0 Å². The Labute approximate surface area is 360 Å². The molecule has 3 fully saturated rings. The van der Waals surface area contributed by atoms with Crippen LogP contribution in [0.4, 0.5) is 11.5 Å². The molecule has 2 atom stereocenters. The van der Waals surface area contributed by atoms with Gasteiger partial charge in [-0.3, -0.25) is 24.0 Å². The van der Waals surface area contributed by atoms with Crippen LogP contribution in [0.3, 0.4) is 0 Å². The van der Waals surface area contributed by atoms with Crippen LogP contribution in [0.25, 0.3) is 10.9 Å². The normalized spacial score (nSPS) is 18.3. The summed E-state index contributed by atoms with van der Waals surface area (Å²) in [7, 11) is 1.86. The Morgan fingerprint density at radius 1 is 0.919 bits per heavy atom. The van der Waals surface area contributed by atoms with Gasteiger partial charge in [-0.25, -0.2) is 15.0 Å². The van der Waals surface area contributed by atoms with Crippen molar-refractivity contribution in [2.24, 2.45) is 7.05 Å². The van der Waals surface area contributed by atoms with E-state index in [1.807, 2.05) is 77.2 Å². The number of fused-ring (bicyclic) bond motifs is 2. The van der Waals surface area contributed by atoms with Crippen LogP contribution < -0.4 is 10.2 Å². The number of pyridine rings is 1. The predicted molar refractivity (Wildman–Crippen MR) is 235 cm³/mol. The summed E-state index contributed by atoms with van der Waals surface area (Å²) >= 11 is 0. The minimum Gasteiger partial charge on any atom is -0.508 e. The molecule has 0 aliphatic carbocycles. The molecule has 15 nitrogen and oxygen atoms in total. The van der Waals surface area contributed by atoms with E-state index in [4.69, 9.17) is 0 Å². The number of carbonyl (C=O) groups is 5. The van der Waals surface area contributed by atoms with Crippen LogP contribution in [0.15, 0.2) is 110 Å². The predicted octanol–water partition coefficient (Wildman–Crippen LogP) is 4.19. The van der Waals surface area contributed by atoms with Gasteiger partial charge in [0.2, 0.25) is 23.6 Å². The van der Waals surface area contributed by atoms with Gasteiger partial charge in [0.1, 0.15) is 23.8 Å². The summed E-state index contributed by atoms with van der Waals surface area (Å²) in [5, 5.41) is 17.1. The molecule has 8 rings (SSSR count). The highest BCUT2D eigenvalue weighted by Crippen LogP contribution is 2.32. The molecule has 62 heavy (non-hydrogen) atoms. The molecule has 3 aromatic carbocycles. The fourth-order valence-electron chi connectivity index (χ4n) is 8.93. The van der Waals surface area contributed by atoms with Crippen molar-refractivity contribution in [3.63, 3.8) is 0 Å². The highest BCUT2D eigenvalue weighted by atomic mass is 16.3. The van der Waals surface area contributed by atoms with Gasteiger partial charge in [-0.15, -0.1) is 6.58 Å². The number of rotatable bonds is 12. The first-order valence-corrected chi connectivity index (χ1v) is 20.9. The lowest BCUT2D eigenvalue weighted by molar-refractivity contribution is -0.205. The third-order valence-electron chi connectivity index (χ3n) is 12.0. The fraction of sp³-hybridized carbons (Fsp3) is 0.319. The van der Waals surface area contributed by atoms with Crippen molar-refractivity contribution in [3.05, 3.63) is 132 Å². The first kappa shape index (κ1) is 41.7. The average Bonchev–Trinajstić information content (AvgIpc) is 3.62. The van der Waals surface area contributed by atoms with Gasteiger partial charge < -0.3 is 34.6 Å². The summed E-state index contributed by atoms with van der Waals surface area (Å²) in [4.78, 5) is 80.6. The number of benzene rings is 3. The molecule has 3 aliphatic rings. The molecule has 5 heterocycles. The van der Waals surface area contributed by atoms with E-state index < -0.39 is 12.2 Å². The van der Waals surface area contributed by atoms with Crippen molar-refractivity contribution in [1.29, 1.82) is 0 Å². The Kier molecular flexibility index (Phi) is 12.1. The molecule has 3 saturated heterocycles. The minimum atomic E-state index is -0.930. The van der Waals surface area contributed by atoms with Gasteiger partial charge in [0.05, 0.1) is 36.1 Å². The molecule has 5 amide bonds. The van der Waals surface area contributed by atoms with E-state index in [0.717, 1.165) is 28.0 Å². The zero-order valence-corrected chi connectivity index (χ0v) is 35.0. The number of nitrogens with zero attached hydrogens (tertiary/aromatic N) is 8. The van der Waals surface area contributed by atoms with Crippen LogP contribution in [0.1, 0.15) is 40.4 Å². The number of aromatic hydroxyl groups is 1. The number of aromatic nitrogens is 2. The third kappa shape index (κ3) is 8.61. The molecular formula is C47H51N9O6. The standard InChI is InChI=1S/C47H51N9O6/c1-4-21-54-31-44(60)55-40(26-34-13-17-37(58)18-14-34)47(62)53(30-42(55)56(54)43(59)20-15-33-9-6-5-7-10-33)28-35-11-8-12-38-39(29-50(3)45(35)38)46(61)49-36-16-19-41(48-27-36)52-24-22-51(23-25-52)32(2)57/h4-14,16-19,27,29,40,42,58H,1,15,20-26,28,30-31H2,2-3H3,(H,49,61). The lowest BCUT2D eigenvalue weighted by atomic mass is 9.97. The van der Waals surface area contributed by atoms with E-state index in [0.29, 0.717) is 49.2 Å². The lowest BCUT2D eigenvalue weighted by Gasteiger charge is -2.55. The molecule has 320 valence electrons. The second kappa shape index (κ2) is 17.9. The van der Waals surface area contributed by atoms with Gasteiger partial charge in [0.25, 0.3) is 5.91 Å². The van der Waals surface area contributed by atoms with Gasteiger partial charge in [-0.1, -0.05) is 66.7 Å². The smallest absolute Gasteiger partial charge is 0.257 e. The summed E-state index contributed by atoms with van der Waals surface area (Å²) in [6, 6.07) is 24.7. The van der Waals surface area contributed by atoms with Gasteiger partial charge in [0, 0.05) is 77.7 Å². The number of anilines is 2. The number of piperazine rings is 2. The number of amides is 5. The Hall–Kier alpha value is -7.00. The van der Waals surface area contributed by atoms with Crippen LogP contribution in [-0.2, 0) is 45.6 Å². The van der Waals surface area contributed by atoms with Gasteiger partial charge in [0.15, 0.2) is 0 Å². The Morgan fingerprint density at radius 2 is 1.68 bits per heavy atom. The third-order valence-corrected chi connectivity index (χ3v) is 12.0. The largest absolute Gasteiger partial charge is 0.508 e. The first-order valence-electron chi connectivity index (χ1n) is 20.9. The topological polar surface area (TPSA) is 155 Å². The summed E-state index contributed by atoms with van der Waals surface area (Å²) in [6.07, 6.45) is 5.15. The van der Waals surface area contributed by atoms with E-state index >= 15 is 0 Å². The van der Waals surface area contributed by atoms with Crippen LogP contribution in [0.2, 0.25) is 0 Å². The van der Waals surface area contributed by atoms with Crippen molar-refractivity contribution >= 4 is 51.9 Å². The van der Waals surface area contributed by atoms with Crippen molar-refractivity contribution in [1.82, 2.24) is 34.3 Å². The molecule has 0 spiro atoms. The van der Waals surface area contributed by atoms with E-state index in [1.54, 1.807) is 69.5 Å². The average molecular weight is 838 g/mol. The van der Waals surface area contributed by atoms with Crippen molar-refractivity contribution < 1.29 is 29.1 Å². The number of phenols is 1. The molecule has 0 bridgehead atoms. The van der Waals surface area contributed by atoms with E-state index in [9.17, 15) is 29.1 Å². The minimum absolute atomic E-state index is 0.0604. The fourth-order valence-corrected chi connectivity index (χ4v) is 8.93. The summed E-state index contributed by atoms with van der Waals surface area (Å²) in [5.74, 6) is -0.103. The second-order valence-electron chi connectivity index (χ2n) is 16.1. The highest BCUT2D eigenvalue weighted by Gasteiger charge is 2.51. The number of hydrazine groups is 1. The van der Waals surface area contributed by atoms with Crippen molar-refractivity contribution in [2.45, 2.75) is 44.9 Å². The summed E-state index contributed by atoms with van der Waals surface area (Å²) < 4.78 is 1.88. The highest BCUT2D eigenvalue weighted by molar-refractivity contribution is 6.13. The van der Waals surface area contributed by atoms with E-state index in [-0.39, 0.29) is 74.3 Å². The molecular weight excluding hydrogens is 787 g/mol. The number of phenolic OH excluding ortho intramolecular Hbond substituents is 1. The molecule has 2 aromatic heterocycles. The Bertz CT molecular complexity index is 2480. The number of hydrogen-bond acceptors (Lipinski definition) is 9. The summed E-state index contributed by atoms with van der Waals surface area (Å²) in [5.41, 5.74) is 4.31. The van der Waals surface area contributed by atoms with E-state index in [1.165, 1.54) is 0 Å². The van der Waals surface area contributed by atoms with Crippen molar-refractivity contribution in [3.8, 4) is 5.75 Å². The van der Waals surface area contributed by atoms with Gasteiger partial charge in [-0.05, 0) is 47.4 Å². The van der Waals surface area contributed by atoms with Crippen LogP contribution >= 0.6 is 0 Å². The second-order valence-corrected chi connectivity index (χ2v) is 16.1. The monoisotopic (exact) mass is 837 g/mol. The quantitative estimate of drug-likeness (QED) is 0.176. The zero-order valence-electron chi connectivity index (χ0n) is 35.0. The number of nitrogens with one attached hydrogen (secondary N) is 1. The first-order chi connectivity index (χ1) is 30.0. The number of para-hydroxylation sites is 1. The molecule has 2 unspecified atom stereocenters. The molecule has 3 aliphatic heterocycles. The van der Waals surface area contributed by atoms with Gasteiger partial charge >= 0.3 is 0 Å². The molecule has 2 N–H and O–H groups in total. The Morgan fingerprint density at radius 3 is 2.37 bits per heavy atom. The molecule has 5 aromatic rings. The molecule has 0 radical (unpaired) electrons. The lowest BCUT2D eigenvalue weighted by Crippen LogP contribution is -2.75. The van der Waals surface area contributed by atoms with E-state index in [2.05, 4.69) is 21.8 Å². The SMILES string of the molecule is C=CCN1CC(=O)N2C(Cc3ccc(O)cc3)C(=O)N(Cc3cccc4c(C(=O)Nc5ccc(N6CCN(C(C)=O)CC6)nc5)cn(C)c34)CC2N1C(=O)CCc1ccccc1. The zero-order chi connectivity index (χ0) is 43.5. The van der Waals surface area contributed by atoms with Crippen LogP contribution in [0, 0.1) is 0 Å². The maximum atomic E-state index is 14.8. The molecule has 15 heteroatoms. The number of carbonyl (C=O) groups excluding carboxylic acids is 5. The van der Waals surface area contributed by atoms with Crippen LogP contribution in [0.5, 0.6) is 5.75 Å². The molecule has 0 saturated carbocycles. The maximum absolute atomic E-state index is 14.8. The Balaban J connectivity index is 1.06. The van der Waals surface area contributed by atoms with Crippen LogP contribution in [-0.4, -0.2) is 127 Å². The maximum Gasteiger partial charge on any atom is 0.257 e. The van der Waals surface area contributed by atoms with Gasteiger partial charge in [-0.2, -0.15) is 0 Å². The number of hydrogen-bond donors (Lipinski definition) is 2. The summed E-state index contributed by atoms with van der Waals surface area (Å²) in [6.45, 7) is 8.47. The number of aryl methyl sites for hydroxylation is 2.